The molecule has 0 saturated carbocycles. The van der Waals surface area contributed by atoms with Crippen LogP contribution in [0.5, 0.6) is 0 Å². The van der Waals surface area contributed by atoms with Crippen molar-refractivity contribution in [1.82, 2.24) is 44.4 Å². The van der Waals surface area contributed by atoms with Gasteiger partial charge >= 0.3 is 0 Å². The number of rotatable bonds is 14. The predicted molar refractivity (Wildman–Crippen MR) is 295 cm³/mol. The highest BCUT2D eigenvalue weighted by molar-refractivity contribution is 7.84. The molecular weight excluding hydrogens is 1070 g/mol. The molecule has 0 radical (unpaired) electrons. The molecule has 78 heavy (non-hydrogen) atoms. The van der Waals surface area contributed by atoms with E-state index in [1.165, 1.54) is 59.3 Å². The zero-order valence-corrected chi connectivity index (χ0v) is 44.3. The smallest absolute Gasteiger partial charge is 0.257 e. The van der Waals surface area contributed by atoms with Crippen molar-refractivity contribution < 1.29 is 31.4 Å². The SMILES string of the molecule is Cc1ccc(C(=O)Nc2nccs2)cc1-c1nc(NCCNC(C)C)nc2c1ccc(=O)n2-c1c(F)cccc1F.Cc1ccc(C(=O)Nc2nccs2)cc1-c1nc(S(C)=O)nc2c1ccc(=O)n2-c1c(F)cccc1F. The first kappa shape index (κ1) is 54.1. The minimum Gasteiger partial charge on any atom is -0.353 e. The fraction of sp³-hybridized carbons (Fsp3) is 0.148. The summed E-state index contributed by atoms with van der Waals surface area (Å²) in [7, 11) is -1.70. The monoisotopic (exact) mass is 1110 g/mol. The van der Waals surface area contributed by atoms with Gasteiger partial charge in [0, 0.05) is 93.7 Å². The first-order valence-corrected chi connectivity index (χ1v) is 27.0. The Morgan fingerprint density at radius 3 is 1.51 bits per heavy atom. The molecule has 0 bridgehead atoms. The summed E-state index contributed by atoms with van der Waals surface area (Å²) in [5.41, 5.74) is 1.25. The zero-order valence-electron chi connectivity index (χ0n) is 41.9. The predicted octanol–water partition coefficient (Wildman–Crippen LogP) is 9.63. The van der Waals surface area contributed by atoms with E-state index in [4.69, 9.17) is 4.98 Å². The molecule has 0 saturated heterocycles. The third kappa shape index (κ3) is 11.5. The minimum atomic E-state index is -1.70. The summed E-state index contributed by atoms with van der Waals surface area (Å²) < 4.78 is 73.5. The lowest BCUT2D eigenvalue weighted by molar-refractivity contribution is 0.101. The van der Waals surface area contributed by atoms with Gasteiger partial charge in [-0.15, -0.1) is 22.7 Å². The fourth-order valence-corrected chi connectivity index (χ4v) is 9.63. The van der Waals surface area contributed by atoms with Gasteiger partial charge in [-0.3, -0.25) is 43.2 Å². The molecule has 10 aromatic rings. The molecule has 4 N–H and O–H groups in total. The lowest BCUT2D eigenvalue weighted by Crippen LogP contribution is -2.28. The van der Waals surface area contributed by atoms with Crippen LogP contribution in [0.3, 0.4) is 0 Å². The van der Waals surface area contributed by atoms with Crippen molar-refractivity contribution in [3.63, 3.8) is 0 Å². The normalized spacial score (nSPS) is 11.6. The van der Waals surface area contributed by atoms with Crippen molar-refractivity contribution in [3.8, 4) is 33.9 Å². The Bertz CT molecular complexity index is 4040. The fourth-order valence-electron chi connectivity index (χ4n) is 8.15. The van der Waals surface area contributed by atoms with E-state index in [1.807, 2.05) is 20.8 Å². The Hall–Kier alpha value is -8.71. The van der Waals surface area contributed by atoms with E-state index < -0.39 is 62.5 Å². The van der Waals surface area contributed by atoms with Crippen LogP contribution in [-0.4, -0.2) is 80.4 Å². The van der Waals surface area contributed by atoms with E-state index in [1.54, 1.807) is 66.5 Å². The van der Waals surface area contributed by atoms with Crippen molar-refractivity contribution in [3.05, 3.63) is 186 Å². The number of hydrogen-bond acceptors (Lipinski definition) is 15. The van der Waals surface area contributed by atoms with E-state index in [0.717, 1.165) is 45.0 Å². The van der Waals surface area contributed by atoms with Crippen molar-refractivity contribution in [2.75, 3.05) is 35.3 Å². The van der Waals surface area contributed by atoms with Gasteiger partial charge in [-0.05, 0) is 85.6 Å². The number of para-hydroxylation sites is 2. The van der Waals surface area contributed by atoms with Gasteiger partial charge < -0.3 is 10.6 Å². The van der Waals surface area contributed by atoms with Gasteiger partial charge in [-0.2, -0.15) is 4.98 Å². The topological polar surface area (TPSA) is 221 Å². The van der Waals surface area contributed by atoms with E-state index in [9.17, 15) is 40.9 Å². The van der Waals surface area contributed by atoms with Gasteiger partial charge in [0.1, 0.15) is 34.6 Å². The molecule has 0 spiro atoms. The number of hydrogen-bond donors (Lipinski definition) is 4. The summed E-state index contributed by atoms with van der Waals surface area (Å²) in [5, 5.41) is 16.8. The van der Waals surface area contributed by atoms with Crippen LogP contribution >= 0.6 is 22.7 Å². The Kier molecular flexibility index (Phi) is 16.1. The molecule has 17 nitrogen and oxygen atoms in total. The van der Waals surface area contributed by atoms with Crippen LogP contribution in [0.15, 0.2) is 135 Å². The first-order valence-electron chi connectivity index (χ1n) is 23.7. The van der Waals surface area contributed by atoms with Crippen molar-refractivity contribution >= 4 is 83.6 Å². The van der Waals surface area contributed by atoms with Gasteiger partial charge in [-0.1, -0.05) is 38.1 Å². The molecule has 1 atom stereocenters. The second kappa shape index (κ2) is 23.3. The van der Waals surface area contributed by atoms with Gasteiger partial charge in [0.2, 0.25) is 11.1 Å². The standard InChI is InChI=1S/C29H27F2N7O2S.C25H17F2N5O3S2/c1-16(2)32-11-12-33-28-35-24(20-15-18(8-7-17(20)3)27(40)37-29-34-13-14-41-29)19-9-10-23(39)38(26(19)36-28)25-21(30)5-4-6-22(25)31;1-13-6-7-14(23(34)31-24-28-10-11-36-24)12-16(13)20-15-8-9-19(33)32(21-17(26)4-3-5-18(21)27)22(15)30-25(29-20)37(2)35/h4-10,13-16,32H,11-12H2,1-3H3,(H,33,35,36)(H,34,37,40);3-12H,1-2H3,(H,28,31,34). The van der Waals surface area contributed by atoms with E-state index in [-0.39, 0.29) is 45.4 Å². The largest absolute Gasteiger partial charge is 0.353 e. The van der Waals surface area contributed by atoms with Crippen molar-refractivity contribution in [2.45, 2.75) is 38.9 Å². The van der Waals surface area contributed by atoms with Gasteiger partial charge in [0.05, 0.1) is 22.2 Å². The number of benzene rings is 4. The molecule has 0 aliphatic rings. The van der Waals surface area contributed by atoms with Crippen LogP contribution in [0.25, 0.3) is 56.0 Å². The number of nitrogens with one attached hydrogen (secondary N) is 4. The maximum absolute atomic E-state index is 14.9. The number of carbonyl (C=O) groups excluding carboxylic acids is 2. The number of fused-ring (bicyclic) bond motifs is 2. The Labute approximate surface area is 451 Å². The molecule has 0 fully saturated rings. The summed E-state index contributed by atoms with van der Waals surface area (Å²) in [6, 6.07) is 22.3. The zero-order chi connectivity index (χ0) is 55.4. The number of amides is 2. The summed E-state index contributed by atoms with van der Waals surface area (Å²) in [6.07, 6.45) is 4.51. The number of carbonyl (C=O) groups is 2. The number of pyridine rings is 2. The van der Waals surface area contributed by atoms with Crippen LogP contribution < -0.4 is 32.4 Å². The quantitative estimate of drug-likeness (QED) is 0.0453. The Morgan fingerprint density at radius 2 is 1.08 bits per heavy atom. The van der Waals surface area contributed by atoms with Crippen LogP contribution in [0, 0.1) is 37.1 Å². The molecule has 10 rings (SSSR count). The number of aromatic nitrogens is 8. The molecular formula is C54H44F4N12O5S3. The first-order chi connectivity index (χ1) is 37.5. The van der Waals surface area contributed by atoms with Crippen LogP contribution in [-0.2, 0) is 10.8 Å². The second-order valence-electron chi connectivity index (χ2n) is 17.5. The number of anilines is 3. The van der Waals surface area contributed by atoms with E-state index in [0.29, 0.717) is 62.3 Å². The molecule has 4 aromatic carbocycles. The second-order valence-corrected chi connectivity index (χ2v) is 20.6. The molecule has 0 aliphatic carbocycles. The van der Waals surface area contributed by atoms with Crippen molar-refractivity contribution in [2.24, 2.45) is 0 Å². The summed E-state index contributed by atoms with van der Waals surface area (Å²) >= 11 is 2.57. The van der Waals surface area contributed by atoms with E-state index in [2.05, 4.69) is 46.2 Å². The third-order valence-electron chi connectivity index (χ3n) is 11.8. The Balaban J connectivity index is 0.000000191. The van der Waals surface area contributed by atoms with Crippen LogP contribution in [0.4, 0.5) is 33.8 Å². The average molecular weight is 1110 g/mol. The maximum atomic E-state index is 14.9. The molecule has 2 amide bonds. The lowest BCUT2D eigenvalue weighted by Gasteiger charge is -2.17. The molecule has 0 aliphatic heterocycles. The number of nitrogens with zero attached hydrogens (tertiary/aromatic N) is 8. The van der Waals surface area contributed by atoms with Gasteiger partial charge in [0.25, 0.3) is 22.9 Å². The third-order valence-corrected chi connectivity index (χ3v) is 13.9. The Morgan fingerprint density at radius 1 is 0.615 bits per heavy atom. The van der Waals surface area contributed by atoms with Crippen molar-refractivity contribution in [1.29, 1.82) is 0 Å². The van der Waals surface area contributed by atoms with Crippen LogP contribution in [0.1, 0.15) is 45.7 Å². The highest BCUT2D eigenvalue weighted by Crippen LogP contribution is 2.34. The highest BCUT2D eigenvalue weighted by Gasteiger charge is 2.24. The summed E-state index contributed by atoms with van der Waals surface area (Å²) in [5.74, 6) is -4.36. The highest BCUT2D eigenvalue weighted by atomic mass is 32.2. The number of halogens is 4. The molecule has 6 aromatic heterocycles. The molecule has 24 heteroatoms. The molecule has 1 unspecified atom stereocenters. The van der Waals surface area contributed by atoms with Gasteiger partial charge in [0.15, 0.2) is 21.6 Å². The molecule has 6 heterocycles. The van der Waals surface area contributed by atoms with Gasteiger partial charge in [-0.25, -0.2) is 42.5 Å². The minimum absolute atomic E-state index is 0.0165. The number of aryl methyl sites for hydroxylation is 2. The van der Waals surface area contributed by atoms with Crippen LogP contribution in [0.2, 0.25) is 0 Å². The molecule has 396 valence electrons. The summed E-state index contributed by atoms with van der Waals surface area (Å²) in [4.78, 5) is 77.9. The maximum Gasteiger partial charge on any atom is 0.257 e. The lowest BCUT2D eigenvalue weighted by atomic mass is 9.99. The summed E-state index contributed by atoms with van der Waals surface area (Å²) in [6.45, 7) is 8.74. The number of thiazole rings is 2. The van der Waals surface area contributed by atoms with E-state index >= 15 is 0 Å². The average Bonchev–Trinajstić information content (AvgIpc) is 4.26.